The molecule has 0 amide bonds. The van der Waals surface area contributed by atoms with Gasteiger partial charge in [0.1, 0.15) is 17.6 Å². The fourth-order valence-corrected chi connectivity index (χ4v) is 3.28. The molecule has 0 spiro atoms. The lowest BCUT2D eigenvalue weighted by molar-refractivity contribution is -0.0530. The summed E-state index contributed by atoms with van der Waals surface area (Å²) in [5.41, 5.74) is 0. The van der Waals surface area contributed by atoms with Gasteiger partial charge in [0, 0.05) is 25.2 Å². The van der Waals surface area contributed by atoms with E-state index >= 15 is 0 Å². The highest BCUT2D eigenvalue weighted by molar-refractivity contribution is 5.33. The molecule has 2 fully saturated rings. The number of nitrogens with zero attached hydrogens (tertiary/aromatic N) is 1. The zero-order valence-electron chi connectivity index (χ0n) is 12.5. The van der Waals surface area contributed by atoms with Crippen molar-refractivity contribution in [3.05, 3.63) is 24.3 Å². The van der Waals surface area contributed by atoms with E-state index in [0.29, 0.717) is 6.04 Å². The Kier molecular flexibility index (Phi) is 4.63. The molecule has 1 aromatic rings. The molecule has 0 radical (unpaired) electrons. The SMILES string of the molecule is COc1cccc(OC2CN(C3CCCC(ON)C3)C2)c1. The Hall–Kier alpha value is -1.30. The Labute approximate surface area is 125 Å². The molecule has 1 aromatic carbocycles. The smallest absolute Gasteiger partial charge is 0.124 e. The number of ether oxygens (including phenoxy) is 2. The summed E-state index contributed by atoms with van der Waals surface area (Å²) in [6, 6.07) is 8.38. The second-order valence-electron chi connectivity index (χ2n) is 5.95. The summed E-state index contributed by atoms with van der Waals surface area (Å²) in [4.78, 5) is 7.50. The lowest BCUT2D eigenvalue weighted by Crippen LogP contribution is -2.59. The van der Waals surface area contributed by atoms with E-state index in [2.05, 4.69) is 4.90 Å². The van der Waals surface area contributed by atoms with Gasteiger partial charge in [0.25, 0.3) is 0 Å². The highest BCUT2D eigenvalue weighted by Crippen LogP contribution is 2.29. The molecule has 5 nitrogen and oxygen atoms in total. The van der Waals surface area contributed by atoms with Crippen molar-refractivity contribution >= 4 is 0 Å². The summed E-state index contributed by atoms with van der Waals surface area (Å²) < 4.78 is 11.2. The molecule has 2 unspecified atom stereocenters. The number of nitrogens with two attached hydrogens (primary N) is 1. The Bertz CT molecular complexity index is 463. The van der Waals surface area contributed by atoms with Crippen LogP contribution >= 0.6 is 0 Å². The Morgan fingerprint density at radius 3 is 2.71 bits per heavy atom. The van der Waals surface area contributed by atoms with E-state index in [-0.39, 0.29) is 12.2 Å². The Morgan fingerprint density at radius 2 is 1.95 bits per heavy atom. The van der Waals surface area contributed by atoms with Crippen molar-refractivity contribution in [2.24, 2.45) is 5.90 Å². The van der Waals surface area contributed by atoms with Crippen molar-refractivity contribution in [1.82, 2.24) is 4.90 Å². The highest BCUT2D eigenvalue weighted by Gasteiger charge is 2.36. The van der Waals surface area contributed by atoms with E-state index in [1.54, 1.807) is 7.11 Å². The number of hydrogen-bond donors (Lipinski definition) is 1. The molecule has 5 heteroatoms. The molecule has 1 aliphatic heterocycles. The number of hydrogen-bond acceptors (Lipinski definition) is 5. The van der Waals surface area contributed by atoms with Crippen LogP contribution in [0, 0.1) is 0 Å². The van der Waals surface area contributed by atoms with Gasteiger partial charge in [-0.05, 0) is 37.8 Å². The Morgan fingerprint density at radius 1 is 1.14 bits per heavy atom. The fraction of sp³-hybridized carbons (Fsp3) is 0.625. The first kappa shape index (κ1) is 14.6. The maximum absolute atomic E-state index is 5.99. The van der Waals surface area contributed by atoms with E-state index in [1.165, 1.54) is 12.8 Å². The third-order valence-electron chi connectivity index (χ3n) is 4.53. The average Bonchev–Trinajstić information content (AvgIpc) is 2.50. The quantitative estimate of drug-likeness (QED) is 0.841. The second kappa shape index (κ2) is 6.64. The lowest BCUT2D eigenvalue weighted by Gasteiger charge is -2.46. The van der Waals surface area contributed by atoms with Crippen LogP contribution < -0.4 is 15.4 Å². The largest absolute Gasteiger partial charge is 0.497 e. The van der Waals surface area contributed by atoms with Gasteiger partial charge < -0.3 is 14.3 Å². The van der Waals surface area contributed by atoms with Crippen LogP contribution in [0.5, 0.6) is 11.5 Å². The molecular weight excluding hydrogens is 268 g/mol. The second-order valence-corrected chi connectivity index (χ2v) is 5.95. The summed E-state index contributed by atoms with van der Waals surface area (Å²) in [5, 5.41) is 0. The van der Waals surface area contributed by atoms with Gasteiger partial charge in [-0.2, -0.15) is 0 Å². The molecule has 0 bridgehead atoms. The zero-order valence-corrected chi connectivity index (χ0v) is 12.5. The highest BCUT2D eigenvalue weighted by atomic mass is 16.6. The molecule has 1 aliphatic carbocycles. The van der Waals surface area contributed by atoms with Crippen molar-refractivity contribution in [2.45, 2.75) is 43.9 Å². The molecule has 1 heterocycles. The first-order chi connectivity index (χ1) is 10.3. The maximum Gasteiger partial charge on any atom is 0.124 e. The van der Waals surface area contributed by atoms with Crippen molar-refractivity contribution in [3.63, 3.8) is 0 Å². The van der Waals surface area contributed by atoms with Crippen LogP contribution in [0.4, 0.5) is 0 Å². The van der Waals surface area contributed by atoms with Crippen molar-refractivity contribution in [3.8, 4) is 11.5 Å². The predicted molar refractivity (Wildman–Crippen MR) is 80.3 cm³/mol. The van der Waals surface area contributed by atoms with E-state index in [1.807, 2.05) is 24.3 Å². The molecule has 21 heavy (non-hydrogen) atoms. The van der Waals surface area contributed by atoms with Crippen LogP contribution in [0.15, 0.2) is 24.3 Å². The van der Waals surface area contributed by atoms with Crippen molar-refractivity contribution < 1.29 is 14.3 Å². The number of benzene rings is 1. The van der Waals surface area contributed by atoms with Crippen LogP contribution in [-0.4, -0.2) is 43.3 Å². The van der Waals surface area contributed by atoms with Crippen LogP contribution in [-0.2, 0) is 4.84 Å². The molecule has 2 N–H and O–H groups in total. The van der Waals surface area contributed by atoms with E-state index < -0.39 is 0 Å². The van der Waals surface area contributed by atoms with Gasteiger partial charge in [-0.3, -0.25) is 4.90 Å². The summed E-state index contributed by atoms with van der Waals surface area (Å²) in [6.45, 7) is 1.97. The third kappa shape index (κ3) is 3.48. The monoisotopic (exact) mass is 292 g/mol. The number of methoxy groups -OCH3 is 1. The van der Waals surface area contributed by atoms with Gasteiger partial charge in [-0.25, -0.2) is 5.90 Å². The van der Waals surface area contributed by atoms with E-state index in [4.69, 9.17) is 20.2 Å². The lowest BCUT2D eigenvalue weighted by atomic mass is 9.89. The molecule has 1 saturated carbocycles. The van der Waals surface area contributed by atoms with Gasteiger partial charge in [0.05, 0.1) is 13.2 Å². The zero-order chi connectivity index (χ0) is 14.7. The van der Waals surface area contributed by atoms with Crippen LogP contribution in [0.1, 0.15) is 25.7 Å². The average molecular weight is 292 g/mol. The van der Waals surface area contributed by atoms with E-state index in [9.17, 15) is 0 Å². The maximum atomic E-state index is 5.99. The molecular formula is C16H24N2O3. The summed E-state index contributed by atoms with van der Waals surface area (Å²) in [6.07, 6.45) is 5.07. The summed E-state index contributed by atoms with van der Waals surface area (Å²) >= 11 is 0. The molecule has 3 rings (SSSR count). The van der Waals surface area contributed by atoms with Gasteiger partial charge in [0.2, 0.25) is 0 Å². The third-order valence-corrected chi connectivity index (χ3v) is 4.53. The number of rotatable bonds is 5. The summed E-state index contributed by atoms with van der Waals surface area (Å²) in [5.74, 6) is 7.04. The van der Waals surface area contributed by atoms with Crippen molar-refractivity contribution in [2.75, 3.05) is 20.2 Å². The van der Waals surface area contributed by atoms with E-state index in [0.717, 1.165) is 37.4 Å². The minimum atomic E-state index is 0.224. The molecule has 1 saturated heterocycles. The summed E-state index contributed by atoms with van der Waals surface area (Å²) in [7, 11) is 1.67. The first-order valence-corrected chi connectivity index (χ1v) is 7.69. The predicted octanol–water partition coefficient (Wildman–Crippen LogP) is 1.96. The van der Waals surface area contributed by atoms with Gasteiger partial charge in [-0.1, -0.05) is 6.07 Å². The topological polar surface area (TPSA) is 57.0 Å². The van der Waals surface area contributed by atoms with Gasteiger partial charge in [-0.15, -0.1) is 0 Å². The van der Waals surface area contributed by atoms with Gasteiger partial charge in [0.15, 0.2) is 0 Å². The molecule has 2 atom stereocenters. The van der Waals surface area contributed by atoms with Crippen LogP contribution in [0.2, 0.25) is 0 Å². The van der Waals surface area contributed by atoms with Gasteiger partial charge >= 0.3 is 0 Å². The molecule has 116 valence electrons. The van der Waals surface area contributed by atoms with Crippen LogP contribution in [0.25, 0.3) is 0 Å². The minimum absolute atomic E-state index is 0.224. The molecule has 2 aliphatic rings. The molecule has 0 aromatic heterocycles. The fourth-order valence-electron chi connectivity index (χ4n) is 3.28. The van der Waals surface area contributed by atoms with Crippen LogP contribution in [0.3, 0.4) is 0 Å². The number of likely N-dealkylation sites (tertiary alicyclic amines) is 1. The van der Waals surface area contributed by atoms with Crippen molar-refractivity contribution in [1.29, 1.82) is 0 Å². The normalized spacial score (nSPS) is 27.1. The minimum Gasteiger partial charge on any atom is -0.497 e. The first-order valence-electron chi connectivity index (χ1n) is 7.69. The standard InChI is InChI=1S/C16H24N2O3/c1-19-13-5-3-6-14(9-13)20-16-10-18(11-16)12-4-2-7-15(8-12)21-17/h3,5-6,9,12,15-16H,2,4,7-8,10-11,17H2,1H3. The Balaban J connectivity index is 1.47.